The summed E-state index contributed by atoms with van der Waals surface area (Å²) in [5.41, 5.74) is 0.515. The molecule has 1 amide bonds. The van der Waals surface area contributed by atoms with Gasteiger partial charge >= 0.3 is 0 Å². The molecule has 0 radical (unpaired) electrons. The van der Waals surface area contributed by atoms with Crippen molar-refractivity contribution in [2.24, 2.45) is 0 Å². The fraction of sp³-hybridized carbons (Fsp3) is 0.571. The van der Waals surface area contributed by atoms with Crippen molar-refractivity contribution in [3.63, 3.8) is 0 Å². The maximum Gasteiger partial charge on any atom is 0.272 e. The fourth-order valence-electron chi connectivity index (χ4n) is 1.75. The van der Waals surface area contributed by atoms with Gasteiger partial charge in [-0.25, -0.2) is 4.98 Å². The molecule has 1 aromatic rings. The summed E-state index contributed by atoms with van der Waals surface area (Å²) in [6.07, 6.45) is 3.08. The molecule has 1 rings (SSSR count). The number of hydrogen-bond donors (Lipinski definition) is 0. The minimum Gasteiger partial charge on any atom is -0.335 e. The van der Waals surface area contributed by atoms with Crippen molar-refractivity contribution in [3.05, 3.63) is 28.5 Å². The Hall–Kier alpha value is -0.900. The van der Waals surface area contributed by atoms with E-state index in [1.165, 1.54) is 0 Å². The Morgan fingerprint density at radius 1 is 1.44 bits per heavy atom. The molecule has 0 fully saturated rings. The lowest BCUT2D eigenvalue weighted by Crippen LogP contribution is -2.39. The lowest BCUT2D eigenvalue weighted by atomic mass is 10.1. The number of hydrogen-bond acceptors (Lipinski definition) is 2. The molecule has 0 saturated heterocycles. The highest BCUT2D eigenvalue weighted by Gasteiger charge is 2.20. The molecule has 4 heteroatoms. The van der Waals surface area contributed by atoms with Gasteiger partial charge in [-0.3, -0.25) is 4.79 Å². The van der Waals surface area contributed by atoms with Gasteiger partial charge in [0.05, 0.1) is 0 Å². The van der Waals surface area contributed by atoms with Crippen LogP contribution in [0.3, 0.4) is 0 Å². The molecule has 3 nitrogen and oxygen atoms in total. The largest absolute Gasteiger partial charge is 0.335 e. The number of nitrogens with zero attached hydrogens (tertiary/aromatic N) is 2. The van der Waals surface area contributed by atoms with Gasteiger partial charge in [-0.2, -0.15) is 0 Å². The molecule has 1 atom stereocenters. The van der Waals surface area contributed by atoms with Crippen LogP contribution >= 0.6 is 15.9 Å². The number of unbranched alkanes of at least 4 members (excludes halogenated alkanes) is 1. The first-order valence-corrected chi connectivity index (χ1v) is 7.33. The van der Waals surface area contributed by atoms with Crippen LogP contribution in [0.4, 0.5) is 0 Å². The van der Waals surface area contributed by atoms with Crippen LogP contribution in [0.15, 0.2) is 22.8 Å². The van der Waals surface area contributed by atoms with E-state index in [4.69, 9.17) is 0 Å². The summed E-state index contributed by atoms with van der Waals surface area (Å²) in [5.74, 6) is 0.0269. The first-order valence-electron chi connectivity index (χ1n) is 6.53. The molecule has 100 valence electrons. The first-order chi connectivity index (χ1) is 8.60. The Morgan fingerprint density at radius 3 is 2.72 bits per heavy atom. The zero-order chi connectivity index (χ0) is 13.5. The van der Waals surface area contributed by atoms with E-state index in [1.807, 2.05) is 17.0 Å². The summed E-state index contributed by atoms with van der Waals surface area (Å²) >= 11 is 3.30. The average Bonchev–Trinajstić information content (AvgIpc) is 2.38. The normalized spacial score (nSPS) is 12.2. The lowest BCUT2D eigenvalue weighted by Gasteiger charge is -2.28. The zero-order valence-electron chi connectivity index (χ0n) is 11.3. The van der Waals surface area contributed by atoms with Crippen LogP contribution < -0.4 is 0 Å². The van der Waals surface area contributed by atoms with Crippen molar-refractivity contribution in [1.82, 2.24) is 9.88 Å². The van der Waals surface area contributed by atoms with E-state index in [9.17, 15) is 4.79 Å². The van der Waals surface area contributed by atoms with E-state index in [2.05, 4.69) is 41.7 Å². The Labute approximate surface area is 118 Å². The molecule has 0 spiro atoms. The van der Waals surface area contributed by atoms with Crippen LogP contribution in [-0.4, -0.2) is 28.4 Å². The van der Waals surface area contributed by atoms with Crippen LogP contribution in [0.25, 0.3) is 0 Å². The van der Waals surface area contributed by atoms with E-state index < -0.39 is 0 Å². The van der Waals surface area contributed by atoms with E-state index in [0.29, 0.717) is 10.3 Å². The number of rotatable bonds is 6. The third-order valence-electron chi connectivity index (χ3n) is 3.07. The Balaban J connectivity index is 2.87. The van der Waals surface area contributed by atoms with E-state index in [-0.39, 0.29) is 11.9 Å². The summed E-state index contributed by atoms with van der Waals surface area (Å²) in [6.45, 7) is 7.13. The molecule has 18 heavy (non-hydrogen) atoms. The van der Waals surface area contributed by atoms with Crippen LogP contribution in [0.1, 0.15) is 50.5 Å². The van der Waals surface area contributed by atoms with E-state index in [0.717, 1.165) is 25.8 Å². The van der Waals surface area contributed by atoms with E-state index in [1.54, 1.807) is 6.07 Å². The number of carbonyl (C=O) groups is 1. The third kappa shape index (κ3) is 4.09. The van der Waals surface area contributed by atoms with Gasteiger partial charge in [0.2, 0.25) is 0 Å². The van der Waals surface area contributed by atoms with Crippen LogP contribution in [0.2, 0.25) is 0 Å². The first kappa shape index (κ1) is 15.2. The van der Waals surface area contributed by atoms with Gasteiger partial charge in [-0.05, 0) is 47.8 Å². The van der Waals surface area contributed by atoms with Gasteiger partial charge in [-0.15, -0.1) is 0 Å². The smallest absolute Gasteiger partial charge is 0.272 e. The van der Waals surface area contributed by atoms with Crippen molar-refractivity contribution in [2.75, 3.05) is 6.54 Å². The zero-order valence-corrected chi connectivity index (χ0v) is 12.9. The molecular formula is C14H21BrN2O. The topological polar surface area (TPSA) is 33.2 Å². The number of amides is 1. The molecule has 0 saturated carbocycles. The fourth-order valence-corrected chi connectivity index (χ4v) is 2.09. The second-order valence-electron chi connectivity index (χ2n) is 4.45. The second-order valence-corrected chi connectivity index (χ2v) is 5.27. The number of pyridine rings is 1. The highest BCUT2D eigenvalue weighted by Crippen LogP contribution is 2.13. The minimum absolute atomic E-state index is 0.0269. The van der Waals surface area contributed by atoms with Crippen molar-refractivity contribution in [1.29, 1.82) is 0 Å². The average molecular weight is 313 g/mol. The minimum atomic E-state index is 0.0269. The third-order valence-corrected chi connectivity index (χ3v) is 3.51. The highest BCUT2D eigenvalue weighted by molar-refractivity contribution is 9.10. The number of carbonyl (C=O) groups excluding carboxylic acids is 1. The van der Waals surface area contributed by atoms with Gasteiger partial charge in [0, 0.05) is 12.6 Å². The molecule has 1 heterocycles. The van der Waals surface area contributed by atoms with Crippen molar-refractivity contribution in [2.45, 2.75) is 46.1 Å². The summed E-state index contributed by atoms with van der Waals surface area (Å²) in [7, 11) is 0. The molecule has 0 aromatic carbocycles. The van der Waals surface area contributed by atoms with Crippen molar-refractivity contribution < 1.29 is 4.79 Å². The van der Waals surface area contributed by atoms with Gasteiger partial charge in [0.25, 0.3) is 5.91 Å². The monoisotopic (exact) mass is 312 g/mol. The predicted molar refractivity (Wildman–Crippen MR) is 77.6 cm³/mol. The van der Waals surface area contributed by atoms with Crippen LogP contribution in [0, 0.1) is 0 Å². The van der Waals surface area contributed by atoms with Crippen molar-refractivity contribution >= 4 is 21.8 Å². The molecule has 1 aromatic heterocycles. The molecule has 0 aliphatic carbocycles. The molecule has 0 aliphatic rings. The Bertz CT molecular complexity index is 395. The van der Waals surface area contributed by atoms with Crippen LogP contribution in [-0.2, 0) is 0 Å². The van der Waals surface area contributed by atoms with Gasteiger partial charge < -0.3 is 4.90 Å². The quantitative estimate of drug-likeness (QED) is 0.747. The Morgan fingerprint density at radius 2 is 2.17 bits per heavy atom. The number of aromatic nitrogens is 1. The maximum absolute atomic E-state index is 12.4. The van der Waals surface area contributed by atoms with Crippen molar-refractivity contribution in [3.8, 4) is 0 Å². The van der Waals surface area contributed by atoms with Gasteiger partial charge in [0.15, 0.2) is 0 Å². The molecule has 0 aliphatic heterocycles. The summed E-state index contributed by atoms with van der Waals surface area (Å²) in [4.78, 5) is 18.6. The standard InChI is InChI=1S/C14H21BrN2O/c1-4-6-10-17(11(3)5-2)14(18)12-8-7-9-13(15)16-12/h7-9,11H,4-6,10H2,1-3H3. The summed E-state index contributed by atoms with van der Waals surface area (Å²) in [5, 5.41) is 0. The molecule has 0 bridgehead atoms. The molecule has 0 N–H and O–H groups in total. The summed E-state index contributed by atoms with van der Waals surface area (Å²) < 4.78 is 0.702. The van der Waals surface area contributed by atoms with Gasteiger partial charge in [0.1, 0.15) is 10.3 Å². The lowest BCUT2D eigenvalue weighted by molar-refractivity contribution is 0.0679. The maximum atomic E-state index is 12.4. The predicted octanol–water partition coefficient (Wildman–Crippen LogP) is 3.88. The van der Waals surface area contributed by atoms with Crippen LogP contribution in [0.5, 0.6) is 0 Å². The van der Waals surface area contributed by atoms with Gasteiger partial charge in [-0.1, -0.05) is 26.3 Å². The Kier molecular flexibility index (Phi) is 6.33. The summed E-state index contributed by atoms with van der Waals surface area (Å²) in [6, 6.07) is 5.70. The second kappa shape index (κ2) is 7.52. The number of halogens is 1. The highest BCUT2D eigenvalue weighted by atomic mass is 79.9. The SMILES string of the molecule is CCCCN(C(=O)c1cccc(Br)n1)C(C)CC. The molecular weight excluding hydrogens is 292 g/mol. The molecule has 1 unspecified atom stereocenters. The van der Waals surface area contributed by atoms with E-state index >= 15 is 0 Å².